The van der Waals surface area contributed by atoms with Crippen molar-refractivity contribution in [3.8, 4) is 11.4 Å². The van der Waals surface area contributed by atoms with Crippen molar-refractivity contribution < 1.29 is 9.50 Å². The van der Waals surface area contributed by atoms with E-state index in [0.717, 1.165) is 17.3 Å². The van der Waals surface area contributed by atoms with Crippen LogP contribution in [0.2, 0.25) is 0 Å². The van der Waals surface area contributed by atoms with Crippen molar-refractivity contribution in [1.29, 1.82) is 0 Å². The number of alkyl halides is 1. The second-order valence-electron chi connectivity index (χ2n) is 4.66. The molecule has 2 aromatic rings. The summed E-state index contributed by atoms with van der Waals surface area (Å²) in [6, 6.07) is 4.92. The molecular weight excluding hydrogens is 327 g/mol. The first kappa shape index (κ1) is 15.1. The zero-order valence-corrected chi connectivity index (χ0v) is 12.7. The molecule has 0 radical (unpaired) electrons. The number of unbranched alkanes of at least 4 members (excludes halogenated alkanes) is 2. The van der Waals surface area contributed by atoms with E-state index in [0.29, 0.717) is 17.8 Å². The smallest absolute Gasteiger partial charge is 0.233 e. The number of H-pyrrole nitrogens is 1. The third kappa shape index (κ3) is 3.40. The molecule has 0 saturated heterocycles. The van der Waals surface area contributed by atoms with Crippen LogP contribution in [0.15, 0.2) is 22.7 Å². The van der Waals surface area contributed by atoms with Gasteiger partial charge in [-0.15, -0.1) is 5.10 Å². The number of benzene rings is 1. The fourth-order valence-corrected chi connectivity index (χ4v) is 2.42. The number of aromatic amines is 1. The van der Waals surface area contributed by atoms with Crippen LogP contribution in [-0.2, 0) is 5.85 Å². The van der Waals surface area contributed by atoms with E-state index in [9.17, 15) is 9.50 Å². The van der Waals surface area contributed by atoms with Gasteiger partial charge in [0.25, 0.3) is 0 Å². The van der Waals surface area contributed by atoms with Crippen LogP contribution in [-0.4, -0.2) is 25.7 Å². The molecule has 1 atom stereocenters. The Bertz CT molecular complexity index is 560. The van der Waals surface area contributed by atoms with Gasteiger partial charge in [0.1, 0.15) is 0 Å². The Morgan fingerprint density at radius 3 is 2.85 bits per heavy atom. The second-order valence-corrected chi connectivity index (χ2v) is 5.57. The van der Waals surface area contributed by atoms with Crippen LogP contribution in [0.25, 0.3) is 11.4 Å². The fraction of sp³-hybridized carbons (Fsp3) is 0.462. The van der Waals surface area contributed by atoms with E-state index in [4.69, 9.17) is 0 Å². The molecule has 1 aromatic heterocycles. The van der Waals surface area contributed by atoms with Crippen molar-refractivity contribution in [2.75, 3.05) is 0 Å². The van der Waals surface area contributed by atoms with E-state index in [-0.39, 0.29) is 12.0 Å². The lowest BCUT2D eigenvalue weighted by molar-refractivity contribution is -0.103. The lowest BCUT2D eigenvalue weighted by atomic mass is 9.95. The molecular formula is C13H16BrFN4O. The van der Waals surface area contributed by atoms with Gasteiger partial charge in [0.2, 0.25) is 5.85 Å². The summed E-state index contributed by atoms with van der Waals surface area (Å²) in [6.45, 7) is 2.03. The first-order valence-corrected chi connectivity index (χ1v) is 7.29. The summed E-state index contributed by atoms with van der Waals surface area (Å²) in [6.07, 6.45) is 2.52. The minimum atomic E-state index is -2.39. The van der Waals surface area contributed by atoms with Crippen molar-refractivity contribution in [2.24, 2.45) is 0 Å². The van der Waals surface area contributed by atoms with Gasteiger partial charge in [-0.2, -0.15) is 0 Å². The molecule has 5 nitrogen and oxygen atoms in total. The van der Waals surface area contributed by atoms with Crippen LogP contribution in [0.5, 0.6) is 0 Å². The maximum absolute atomic E-state index is 14.6. The van der Waals surface area contributed by atoms with Gasteiger partial charge < -0.3 is 5.11 Å². The first-order valence-electron chi connectivity index (χ1n) is 6.50. The number of nitrogens with one attached hydrogen (secondary N) is 1. The Balaban J connectivity index is 2.35. The largest absolute Gasteiger partial charge is 0.358 e. The zero-order valence-electron chi connectivity index (χ0n) is 11.1. The Morgan fingerprint density at radius 1 is 1.40 bits per heavy atom. The highest BCUT2D eigenvalue weighted by Gasteiger charge is 2.31. The van der Waals surface area contributed by atoms with Crippen LogP contribution in [0.1, 0.15) is 38.2 Å². The summed E-state index contributed by atoms with van der Waals surface area (Å²) in [4.78, 5) is 0. The van der Waals surface area contributed by atoms with Gasteiger partial charge in [0.05, 0.1) is 0 Å². The number of halogens is 2. The van der Waals surface area contributed by atoms with Gasteiger partial charge in [-0.1, -0.05) is 41.8 Å². The van der Waals surface area contributed by atoms with E-state index in [1.54, 1.807) is 18.2 Å². The van der Waals surface area contributed by atoms with Gasteiger partial charge in [-0.25, -0.2) is 9.49 Å². The molecule has 2 N–H and O–H groups in total. The van der Waals surface area contributed by atoms with E-state index in [1.807, 2.05) is 6.92 Å². The molecule has 0 spiro atoms. The number of aliphatic hydroxyl groups is 1. The van der Waals surface area contributed by atoms with Crippen molar-refractivity contribution in [3.63, 3.8) is 0 Å². The molecule has 0 aliphatic carbocycles. The van der Waals surface area contributed by atoms with Crippen LogP contribution in [0.3, 0.4) is 0 Å². The third-order valence-corrected chi connectivity index (χ3v) is 3.60. The number of nitrogens with zero attached hydrogens (tertiary/aromatic N) is 3. The van der Waals surface area contributed by atoms with E-state index in [1.165, 1.54) is 0 Å². The molecule has 1 aromatic carbocycles. The SMILES string of the molecule is CCCCCC(O)(F)c1ccc(Br)cc1-c1nnn[nH]1. The third-order valence-electron chi connectivity index (χ3n) is 3.11. The molecule has 0 bridgehead atoms. The predicted molar refractivity (Wildman–Crippen MR) is 76.5 cm³/mol. The zero-order chi connectivity index (χ0) is 14.6. The van der Waals surface area contributed by atoms with Gasteiger partial charge in [0.15, 0.2) is 5.82 Å². The molecule has 1 unspecified atom stereocenters. The lowest BCUT2D eigenvalue weighted by Crippen LogP contribution is -2.20. The normalized spacial score (nSPS) is 14.2. The quantitative estimate of drug-likeness (QED) is 0.789. The average Bonchev–Trinajstić information content (AvgIpc) is 2.92. The monoisotopic (exact) mass is 342 g/mol. The van der Waals surface area contributed by atoms with Crippen LogP contribution in [0.4, 0.5) is 4.39 Å². The molecule has 7 heteroatoms. The highest BCUT2D eigenvalue weighted by atomic mass is 79.9. The topological polar surface area (TPSA) is 74.7 Å². The van der Waals surface area contributed by atoms with Gasteiger partial charge >= 0.3 is 0 Å². The molecule has 0 amide bonds. The van der Waals surface area contributed by atoms with E-state index < -0.39 is 5.85 Å². The maximum Gasteiger partial charge on any atom is 0.233 e. The summed E-state index contributed by atoms with van der Waals surface area (Å²) in [7, 11) is 0. The molecule has 0 aliphatic rings. The molecule has 1 heterocycles. The van der Waals surface area contributed by atoms with Gasteiger partial charge in [-0.05, 0) is 29.0 Å². The summed E-state index contributed by atoms with van der Waals surface area (Å²) in [5, 5.41) is 23.5. The Hall–Kier alpha value is -1.34. The molecule has 108 valence electrons. The number of hydrogen-bond acceptors (Lipinski definition) is 4. The molecule has 20 heavy (non-hydrogen) atoms. The van der Waals surface area contributed by atoms with Gasteiger partial charge in [0, 0.05) is 22.0 Å². The molecule has 2 rings (SSSR count). The molecule has 0 aliphatic heterocycles. The molecule has 0 fully saturated rings. The predicted octanol–water partition coefficient (Wildman–Crippen LogP) is 3.32. The summed E-state index contributed by atoms with van der Waals surface area (Å²) < 4.78 is 15.3. The number of rotatable bonds is 6. The number of tetrazole rings is 1. The van der Waals surface area contributed by atoms with E-state index in [2.05, 4.69) is 36.6 Å². The average molecular weight is 343 g/mol. The van der Waals surface area contributed by atoms with Crippen LogP contribution in [0, 0.1) is 0 Å². The number of hydrogen-bond donors (Lipinski definition) is 2. The van der Waals surface area contributed by atoms with Crippen molar-refractivity contribution in [2.45, 2.75) is 38.5 Å². The minimum absolute atomic E-state index is 0.0526. The minimum Gasteiger partial charge on any atom is -0.358 e. The Labute approximate surface area is 124 Å². The van der Waals surface area contributed by atoms with Crippen molar-refractivity contribution in [1.82, 2.24) is 20.6 Å². The van der Waals surface area contributed by atoms with Crippen molar-refractivity contribution >= 4 is 15.9 Å². The molecule has 0 saturated carbocycles. The summed E-state index contributed by atoms with van der Waals surface area (Å²) >= 11 is 3.33. The van der Waals surface area contributed by atoms with Crippen LogP contribution >= 0.6 is 15.9 Å². The Kier molecular flexibility index (Phi) is 4.82. The summed E-state index contributed by atoms with van der Waals surface area (Å²) in [5.74, 6) is -2.06. The second kappa shape index (κ2) is 6.41. The standard InChI is InChI=1S/C13H16BrFN4O/c1-2-3-4-7-13(15,20)11-6-5-9(14)8-10(11)12-16-18-19-17-12/h5-6,8,20H,2-4,7H2,1H3,(H,16,17,18,19). The Morgan fingerprint density at radius 2 is 2.20 bits per heavy atom. The van der Waals surface area contributed by atoms with Gasteiger partial charge in [-0.3, -0.25) is 0 Å². The van der Waals surface area contributed by atoms with Crippen molar-refractivity contribution in [3.05, 3.63) is 28.2 Å². The maximum atomic E-state index is 14.6. The van der Waals surface area contributed by atoms with Crippen LogP contribution < -0.4 is 0 Å². The first-order chi connectivity index (χ1) is 9.54. The number of aromatic nitrogens is 4. The highest BCUT2D eigenvalue weighted by Crippen LogP contribution is 2.36. The summed E-state index contributed by atoms with van der Waals surface area (Å²) in [5.41, 5.74) is 0.626. The lowest BCUT2D eigenvalue weighted by Gasteiger charge is -2.21. The fourth-order valence-electron chi connectivity index (χ4n) is 2.06. The highest BCUT2D eigenvalue weighted by molar-refractivity contribution is 9.10. The van der Waals surface area contributed by atoms with E-state index >= 15 is 0 Å².